The van der Waals surface area contributed by atoms with Crippen LogP contribution in [0, 0.1) is 0 Å². The fourth-order valence-electron chi connectivity index (χ4n) is 2.82. The lowest BCUT2D eigenvalue weighted by Gasteiger charge is -2.05. The number of unbranched alkanes of at least 4 members (excludes halogenated alkanes) is 13. The van der Waals surface area contributed by atoms with Gasteiger partial charge in [0, 0.05) is 13.0 Å². The summed E-state index contributed by atoms with van der Waals surface area (Å²) in [5.74, 6) is 0.259. The van der Waals surface area contributed by atoms with E-state index < -0.39 is 0 Å². The Labute approximate surface area is 139 Å². The predicted octanol–water partition coefficient (Wildman–Crippen LogP) is 6.38. The first-order valence-corrected chi connectivity index (χ1v) is 10.1. The fourth-order valence-corrected chi connectivity index (χ4v) is 2.82. The van der Waals surface area contributed by atoms with Gasteiger partial charge >= 0.3 is 0 Å². The average Bonchev–Trinajstić information content (AvgIpc) is 2.52. The monoisotopic (exact) mass is 311 g/mol. The van der Waals surface area contributed by atoms with Gasteiger partial charge in [-0.2, -0.15) is 0 Å². The molecule has 2 heteroatoms. The number of hydrogen-bond acceptors (Lipinski definition) is 1. The van der Waals surface area contributed by atoms with Crippen molar-refractivity contribution in [1.82, 2.24) is 5.32 Å². The Morgan fingerprint density at radius 1 is 0.591 bits per heavy atom. The Bertz CT molecular complexity index is 228. The van der Waals surface area contributed by atoms with Crippen molar-refractivity contribution in [1.29, 1.82) is 0 Å². The highest BCUT2D eigenvalue weighted by molar-refractivity contribution is 5.75. The van der Waals surface area contributed by atoms with Crippen LogP contribution in [-0.2, 0) is 4.79 Å². The smallest absolute Gasteiger partial charge is 0.219 e. The summed E-state index contributed by atoms with van der Waals surface area (Å²) in [5.41, 5.74) is 0. The van der Waals surface area contributed by atoms with Crippen LogP contribution in [0.2, 0.25) is 0 Å². The molecule has 0 aromatic heterocycles. The lowest BCUT2D eigenvalue weighted by Crippen LogP contribution is -2.23. The maximum Gasteiger partial charge on any atom is 0.219 e. The molecule has 1 amide bonds. The van der Waals surface area contributed by atoms with Gasteiger partial charge in [0.15, 0.2) is 0 Å². The molecule has 2 nitrogen and oxygen atoms in total. The van der Waals surface area contributed by atoms with Crippen LogP contribution < -0.4 is 5.32 Å². The molecule has 0 spiro atoms. The first kappa shape index (κ1) is 21.5. The minimum atomic E-state index is 0.259. The van der Waals surface area contributed by atoms with Crippen LogP contribution in [0.5, 0.6) is 0 Å². The number of rotatable bonds is 17. The number of hydrogen-bond donors (Lipinski definition) is 1. The Balaban J connectivity index is 3.12. The van der Waals surface area contributed by atoms with Gasteiger partial charge < -0.3 is 5.32 Å². The van der Waals surface area contributed by atoms with E-state index in [9.17, 15) is 4.79 Å². The predicted molar refractivity (Wildman–Crippen MR) is 98.2 cm³/mol. The van der Waals surface area contributed by atoms with Gasteiger partial charge in [0.2, 0.25) is 5.91 Å². The van der Waals surface area contributed by atoms with E-state index in [0.717, 1.165) is 25.8 Å². The number of carbonyl (C=O) groups excluding carboxylic acids is 1. The quantitative estimate of drug-likeness (QED) is 0.310. The molecule has 0 aromatic carbocycles. The highest BCUT2D eigenvalue weighted by atomic mass is 16.1. The summed E-state index contributed by atoms with van der Waals surface area (Å²) in [6.45, 7) is 5.38. The second-order valence-corrected chi connectivity index (χ2v) is 6.70. The molecule has 1 N–H and O–H groups in total. The molecule has 0 saturated heterocycles. The van der Waals surface area contributed by atoms with Gasteiger partial charge in [0.1, 0.15) is 0 Å². The van der Waals surface area contributed by atoms with Crippen molar-refractivity contribution in [2.24, 2.45) is 0 Å². The Morgan fingerprint density at radius 3 is 1.50 bits per heavy atom. The van der Waals surface area contributed by atoms with E-state index in [4.69, 9.17) is 0 Å². The molecular formula is C20H41NO. The second-order valence-electron chi connectivity index (χ2n) is 6.70. The molecule has 0 bridgehead atoms. The van der Waals surface area contributed by atoms with Crippen LogP contribution in [0.25, 0.3) is 0 Å². The molecule has 0 aliphatic rings. The summed E-state index contributed by atoms with van der Waals surface area (Å²) < 4.78 is 0. The van der Waals surface area contributed by atoms with Gasteiger partial charge in [0.25, 0.3) is 0 Å². The van der Waals surface area contributed by atoms with E-state index >= 15 is 0 Å². The standard InChI is InChI=1S/C20H41NO/c1-3-5-7-9-11-12-13-15-17-19-21-20(22)18-16-14-10-8-6-4-2/h3-19H2,1-2H3,(H,21,22). The molecule has 0 fully saturated rings. The molecular weight excluding hydrogens is 270 g/mol. The molecule has 0 saturated carbocycles. The number of nitrogens with one attached hydrogen (secondary N) is 1. The van der Waals surface area contributed by atoms with Gasteiger partial charge in [0.05, 0.1) is 0 Å². The summed E-state index contributed by atoms with van der Waals surface area (Å²) in [6, 6.07) is 0. The van der Waals surface area contributed by atoms with Crippen molar-refractivity contribution in [3.05, 3.63) is 0 Å². The van der Waals surface area contributed by atoms with Crippen LogP contribution in [0.15, 0.2) is 0 Å². The van der Waals surface area contributed by atoms with E-state index in [1.165, 1.54) is 83.5 Å². The fraction of sp³-hybridized carbons (Fsp3) is 0.950. The van der Waals surface area contributed by atoms with Gasteiger partial charge in [-0.15, -0.1) is 0 Å². The molecule has 0 aliphatic carbocycles. The van der Waals surface area contributed by atoms with Crippen LogP contribution in [0.3, 0.4) is 0 Å². The van der Waals surface area contributed by atoms with Crippen molar-refractivity contribution < 1.29 is 4.79 Å². The van der Waals surface area contributed by atoms with E-state index in [1.54, 1.807) is 0 Å². The molecule has 0 unspecified atom stereocenters. The maximum absolute atomic E-state index is 11.7. The highest BCUT2D eigenvalue weighted by Gasteiger charge is 2.00. The minimum Gasteiger partial charge on any atom is -0.356 e. The molecule has 0 aliphatic heterocycles. The average molecular weight is 312 g/mol. The Morgan fingerprint density at radius 2 is 1.00 bits per heavy atom. The summed E-state index contributed by atoms with van der Waals surface area (Å²) in [6.07, 6.45) is 20.3. The second kappa shape index (κ2) is 18.5. The summed E-state index contributed by atoms with van der Waals surface area (Å²) in [7, 11) is 0. The summed E-state index contributed by atoms with van der Waals surface area (Å²) in [4.78, 5) is 11.7. The van der Waals surface area contributed by atoms with Gasteiger partial charge in [-0.1, -0.05) is 97.3 Å². The van der Waals surface area contributed by atoms with E-state index in [1.807, 2.05) is 0 Å². The first-order valence-electron chi connectivity index (χ1n) is 10.1. The van der Waals surface area contributed by atoms with Gasteiger partial charge in [-0.05, 0) is 12.8 Å². The summed E-state index contributed by atoms with van der Waals surface area (Å²) in [5, 5.41) is 3.06. The maximum atomic E-state index is 11.7. The zero-order valence-corrected chi connectivity index (χ0v) is 15.4. The van der Waals surface area contributed by atoms with Crippen molar-refractivity contribution in [2.75, 3.05) is 6.54 Å². The van der Waals surface area contributed by atoms with Gasteiger partial charge in [-0.3, -0.25) is 4.79 Å². The molecule has 0 atom stereocenters. The Kier molecular flexibility index (Phi) is 18.1. The van der Waals surface area contributed by atoms with Crippen LogP contribution >= 0.6 is 0 Å². The molecule has 0 rings (SSSR count). The lowest BCUT2D eigenvalue weighted by atomic mass is 10.1. The topological polar surface area (TPSA) is 29.1 Å². The minimum absolute atomic E-state index is 0.259. The molecule has 22 heavy (non-hydrogen) atoms. The molecule has 0 heterocycles. The molecule has 0 aromatic rings. The van der Waals surface area contributed by atoms with Crippen LogP contribution in [-0.4, -0.2) is 12.5 Å². The third-order valence-electron chi connectivity index (χ3n) is 4.36. The first-order chi connectivity index (χ1) is 10.8. The van der Waals surface area contributed by atoms with Gasteiger partial charge in [-0.25, -0.2) is 0 Å². The normalized spacial score (nSPS) is 10.8. The zero-order valence-electron chi connectivity index (χ0n) is 15.4. The Hall–Kier alpha value is -0.530. The number of amides is 1. The van der Waals surface area contributed by atoms with Crippen LogP contribution in [0.1, 0.15) is 117 Å². The highest BCUT2D eigenvalue weighted by Crippen LogP contribution is 2.09. The van der Waals surface area contributed by atoms with Crippen molar-refractivity contribution in [2.45, 2.75) is 117 Å². The van der Waals surface area contributed by atoms with E-state index in [0.29, 0.717) is 0 Å². The SMILES string of the molecule is CCCCCCCCCCCNC(=O)CCCCCCCC. The van der Waals surface area contributed by atoms with Crippen molar-refractivity contribution in [3.63, 3.8) is 0 Å². The third-order valence-corrected chi connectivity index (χ3v) is 4.36. The van der Waals surface area contributed by atoms with E-state index in [2.05, 4.69) is 19.2 Å². The molecule has 132 valence electrons. The molecule has 0 radical (unpaired) electrons. The van der Waals surface area contributed by atoms with E-state index in [-0.39, 0.29) is 5.91 Å². The lowest BCUT2D eigenvalue weighted by molar-refractivity contribution is -0.121. The summed E-state index contributed by atoms with van der Waals surface area (Å²) >= 11 is 0. The largest absolute Gasteiger partial charge is 0.356 e. The third kappa shape index (κ3) is 17.5. The van der Waals surface area contributed by atoms with Crippen molar-refractivity contribution >= 4 is 5.91 Å². The van der Waals surface area contributed by atoms with Crippen LogP contribution in [0.4, 0.5) is 0 Å². The van der Waals surface area contributed by atoms with Crippen molar-refractivity contribution in [3.8, 4) is 0 Å². The zero-order chi connectivity index (χ0) is 16.3. The number of carbonyl (C=O) groups is 1.